The molecule has 0 aromatic heterocycles. The Balaban J connectivity index is 1.56. The maximum absolute atomic E-state index is 11.7. The van der Waals surface area contributed by atoms with Crippen LogP contribution in [-0.4, -0.2) is 35.2 Å². The fourth-order valence-electron chi connectivity index (χ4n) is 3.73. The monoisotopic (exact) mass is 450 g/mol. The summed E-state index contributed by atoms with van der Waals surface area (Å²) < 4.78 is 11.8. The number of aliphatic carboxylic acids is 1. The van der Waals surface area contributed by atoms with Crippen LogP contribution in [-0.2, 0) is 17.6 Å². The molecular formula is C27H30O6. The van der Waals surface area contributed by atoms with Gasteiger partial charge in [0.25, 0.3) is 0 Å². The van der Waals surface area contributed by atoms with Crippen LogP contribution in [0, 0.1) is 0 Å². The van der Waals surface area contributed by atoms with Crippen LogP contribution < -0.4 is 9.47 Å². The summed E-state index contributed by atoms with van der Waals surface area (Å²) in [4.78, 5) is 22.5. The number of benzene rings is 3. The third-order valence-corrected chi connectivity index (χ3v) is 5.44. The average Bonchev–Trinajstić information content (AvgIpc) is 2.79. The van der Waals surface area contributed by atoms with Crippen LogP contribution in [0.25, 0.3) is 10.8 Å². The van der Waals surface area contributed by atoms with Gasteiger partial charge >= 0.3 is 5.97 Å². The molecule has 0 amide bonds. The van der Waals surface area contributed by atoms with Gasteiger partial charge in [0, 0.05) is 18.4 Å². The highest BCUT2D eigenvalue weighted by Crippen LogP contribution is 2.33. The predicted octanol–water partition coefficient (Wildman–Crippen LogP) is 5.57. The molecule has 0 aliphatic heterocycles. The zero-order valence-electron chi connectivity index (χ0n) is 19.1. The molecule has 6 heteroatoms. The van der Waals surface area contributed by atoms with Crippen molar-refractivity contribution in [3.8, 4) is 17.2 Å². The molecule has 0 aliphatic carbocycles. The molecule has 6 nitrogen and oxygen atoms in total. The van der Waals surface area contributed by atoms with Crippen LogP contribution in [0.2, 0.25) is 0 Å². The summed E-state index contributed by atoms with van der Waals surface area (Å²) in [5, 5.41) is 21.4. The van der Waals surface area contributed by atoms with E-state index in [1.165, 1.54) is 6.92 Å². The number of Topliss-reactive ketones (excluding diaryl/α,β-unsaturated/α-hetero) is 1. The molecule has 0 radical (unpaired) electrons. The highest BCUT2D eigenvalue weighted by molar-refractivity contribution is 5.97. The van der Waals surface area contributed by atoms with E-state index in [1.54, 1.807) is 12.1 Å². The molecule has 0 aliphatic rings. The summed E-state index contributed by atoms with van der Waals surface area (Å²) in [6.07, 6.45) is 2.71. The number of hydrogen-bond donors (Lipinski definition) is 2. The summed E-state index contributed by atoms with van der Waals surface area (Å²) in [6, 6.07) is 15.1. The molecule has 0 saturated carbocycles. The fraction of sp³-hybridized carbons (Fsp3) is 0.333. The van der Waals surface area contributed by atoms with Crippen molar-refractivity contribution in [1.29, 1.82) is 0 Å². The molecule has 3 rings (SSSR count). The lowest BCUT2D eigenvalue weighted by Gasteiger charge is -2.15. The number of hydrogen-bond acceptors (Lipinski definition) is 5. The van der Waals surface area contributed by atoms with E-state index in [1.807, 2.05) is 43.3 Å². The second kappa shape index (κ2) is 11.4. The first-order valence-corrected chi connectivity index (χ1v) is 11.2. The van der Waals surface area contributed by atoms with Crippen molar-refractivity contribution in [2.24, 2.45) is 0 Å². The predicted molar refractivity (Wildman–Crippen MR) is 128 cm³/mol. The van der Waals surface area contributed by atoms with Gasteiger partial charge in [-0.1, -0.05) is 37.6 Å². The maximum Gasteiger partial charge on any atom is 0.303 e. The Morgan fingerprint density at radius 1 is 0.909 bits per heavy atom. The normalized spacial score (nSPS) is 10.8. The van der Waals surface area contributed by atoms with Gasteiger partial charge in [-0.2, -0.15) is 0 Å². The summed E-state index contributed by atoms with van der Waals surface area (Å²) in [6.45, 7) is 4.33. The largest absolute Gasteiger partial charge is 0.507 e. The Bertz CT molecular complexity index is 1130. The first kappa shape index (κ1) is 24.1. The lowest BCUT2D eigenvalue weighted by Crippen LogP contribution is -2.07. The van der Waals surface area contributed by atoms with E-state index < -0.39 is 5.97 Å². The lowest BCUT2D eigenvalue weighted by molar-refractivity contribution is -0.136. The molecule has 0 unspecified atom stereocenters. The molecule has 0 heterocycles. The molecule has 0 spiro atoms. The second-order valence-corrected chi connectivity index (χ2v) is 8.03. The molecule has 3 aromatic carbocycles. The van der Waals surface area contributed by atoms with Crippen molar-refractivity contribution in [2.45, 2.75) is 46.0 Å². The fourth-order valence-corrected chi connectivity index (χ4v) is 3.73. The summed E-state index contributed by atoms with van der Waals surface area (Å²) in [5.41, 5.74) is 1.97. The second-order valence-electron chi connectivity index (χ2n) is 8.03. The first-order valence-electron chi connectivity index (χ1n) is 11.2. The number of carbonyl (C=O) groups is 2. The Labute approximate surface area is 193 Å². The van der Waals surface area contributed by atoms with Gasteiger partial charge in [0.15, 0.2) is 5.78 Å². The Hall–Kier alpha value is -3.54. The number of phenols is 1. The Kier molecular flexibility index (Phi) is 8.30. The van der Waals surface area contributed by atoms with E-state index in [0.29, 0.717) is 49.4 Å². The van der Waals surface area contributed by atoms with Gasteiger partial charge in [0.05, 0.1) is 18.8 Å². The average molecular weight is 451 g/mol. The number of aromatic hydroxyl groups is 1. The summed E-state index contributed by atoms with van der Waals surface area (Å²) >= 11 is 0. The molecule has 0 saturated heterocycles. The minimum absolute atomic E-state index is 0.0111. The number of carboxylic acid groups (broad SMARTS) is 1. The molecule has 3 aromatic rings. The van der Waals surface area contributed by atoms with E-state index >= 15 is 0 Å². The van der Waals surface area contributed by atoms with Crippen molar-refractivity contribution in [3.63, 3.8) is 0 Å². The molecule has 0 bridgehead atoms. The molecule has 2 N–H and O–H groups in total. The first-order chi connectivity index (χ1) is 15.9. The molecule has 0 fully saturated rings. The van der Waals surface area contributed by atoms with Crippen molar-refractivity contribution in [3.05, 3.63) is 65.2 Å². The van der Waals surface area contributed by atoms with Gasteiger partial charge < -0.3 is 19.7 Å². The van der Waals surface area contributed by atoms with E-state index in [0.717, 1.165) is 28.5 Å². The quantitative estimate of drug-likeness (QED) is 0.277. The van der Waals surface area contributed by atoms with Crippen LogP contribution in [0.15, 0.2) is 48.5 Å². The topological polar surface area (TPSA) is 93.1 Å². The highest BCUT2D eigenvalue weighted by Gasteiger charge is 2.15. The van der Waals surface area contributed by atoms with E-state index in [4.69, 9.17) is 14.6 Å². The van der Waals surface area contributed by atoms with Gasteiger partial charge in [-0.3, -0.25) is 9.59 Å². The van der Waals surface area contributed by atoms with Gasteiger partial charge in [0.1, 0.15) is 17.2 Å². The van der Waals surface area contributed by atoms with Crippen molar-refractivity contribution in [2.75, 3.05) is 13.2 Å². The zero-order valence-corrected chi connectivity index (χ0v) is 19.1. The molecule has 33 heavy (non-hydrogen) atoms. The lowest BCUT2D eigenvalue weighted by atomic mass is 10.0. The van der Waals surface area contributed by atoms with Crippen molar-refractivity contribution < 1.29 is 29.3 Å². The molecule has 174 valence electrons. The van der Waals surface area contributed by atoms with Crippen LogP contribution in [0.5, 0.6) is 17.2 Å². The van der Waals surface area contributed by atoms with E-state index in [-0.39, 0.29) is 18.0 Å². The molecule has 0 atom stereocenters. The number of carboxylic acids is 1. The maximum atomic E-state index is 11.7. The van der Waals surface area contributed by atoms with Gasteiger partial charge in [-0.05, 0) is 60.4 Å². The highest BCUT2D eigenvalue weighted by atomic mass is 16.5. The number of fused-ring (bicyclic) bond motifs is 1. The Morgan fingerprint density at radius 2 is 1.67 bits per heavy atom. The molecular weight excluding hydrogens is 420 g/mol. The zero-order chi connectivity index (χ0) is 23.8. The smallest absolute Gasteiger partial charge is 0.303 e. The number of ether oxygens (including phenoxy) is 2. The van der Waals surface area contributed by atoms with Crippen molar-refractivity contribution >= 4 is 22.5 Å². The van der Waals surface area contributed by atoms with Crippen LogP contribution in [0.3, 0.4) is 0 Å². The standard InChI is InChI=1S/C27H30O6/c1-3-5-24-25(12-11-23(18(2)28)27(24)31)33-15-4-14-32-22-10-9-20-8-6-19(7-13-26(29)30)16-21(20)17-22/h6,8-12,16-17,31H,3-5,7,13-15H2,1-2H3,(H,29,30). The van der Waals surface area contributed by atoms with Crippen LogP contribution in [0.1, 0.15) is 54.6 Å². The third kappa shape index (κ3) is 6.48. The number of aryl methyl sites for hydroxylation is 1. The van der Waals surface area contributed by atoms with Gasteiger partial charge in [-0.25, -0.2) is 0 Å². The van der Waals surface area contributed by atoms with Gasteiger partial charge in [-0.15, -0.1) is 0 Å². The number of ketones is 1. The van der Waals surface area contributed by atoms with E-state index in [2.05, 4.69) is 0 Å². The summed E-state index contributed by atoms with van der Waals surface area (Å²) in [7, 11) is 0. The Morgan fingerprint density at radius 3 is 2.39 bits per heavy atom. The minimum atomic E-state index is -0.804. The number of rotatable bonds is 12. The third-order valence-electron chi connectivity index (χ3n) is 5.44. The number of carbonyl (C=O) groups excluding carboxylic acids is 1. The van der Waals surface area contributed by atoms with Crippen molar-refractivity contribution in [1.82, 2.24) is 0 Å². The summed E-state index contributed by atoms with van der Waals surface area (Å²) in [5.74, 6) is 0.374. The van der Waals surface area contributed by atoms with Crippen LogP contribution in [0.4, 0.5) is 0 Å². The van der Waals surface area contributed by atoms with Crippen LogP contribution >= 0.6 is 0 Å². The SMILES string of the molecule is CCCc1c(OCCCOc2ccc3ccc(CCC(=O)O)cc3c2)ccc(C(C)=O)c1O. The number of phenolic OH excluding ortho intramolecular Hbond substituents is 1. The minimum Gasteiger partial charge on any atom is -0.507 e. The van der Waals surface area contributed by atoms with E-state index in [9.17, 15) is 14.7 Å². The van der Waals surface area contributed by atoms with Gasteiger partial charge in [0.2, 0.25) is 0 Å².